The van der Waals surface area contributed by atoms with Crippen LogP contribution in [0.1, 0.15) is 41.0 Å². The Labute approximate surface area is 191 Å². The quantitative estimate of drug-likeness (QED) is 0.673. The number of benzene rings is 1. The fourth-order valence-electron chi connectivity index (χ4n) is 4.82. The molecule has 1 amide bonds. The summed E-state index contributed by atoms with van der Waals surface area (Å²) >= 11 is 0. The summed E-state index contributed by atoms with van der Waals surface area (Å²) < 4.78 is 48.8. The SMILES string of the molecule is Cc1nn(-c2cccc(OC(F)(F)F)c2)c(C)c1C(=O)N1CCC(N(C)C2CCOCC2)C1. The van der Waals surface area contributed by atoms with Crippen molar-refractivity contribution in [3.8, 4) is 11.4 Å². The maximum Gasteiger partial charge on any atom is 0.573 e. The molecule has 0 bridgehead atoms. The Morgan fingerprint density at radius 1 is 1.18 bits per heavy atom. The first-order chi connectivity index (χ1) is 15.6. The van der Waals surface area contributed by atoms with E-state index >= 15 is 0 Å². The number of aromatic nitrogens is 2. The van der Waals surface area contributed by atoms with Gasteiger partial charge in [0.25, 0.3) is 5.91 Å². The average Bonchev–Trinajstić information content (AvgIpc) is 3.37. The lowest BCUT2D eigenvalue weighted by Gasteiger charge is -2.35. The molecule has 2 saturated heterocycles. The minimum atomic E-state index is -4.78. The monoisotopic (exact) mass is 466 g/mol. The molecule has 2 fully saturated rings. The van der Waals surface area contributed by atoms with E-state index in [0.717, 1.165) is 32.5 Å². The highest BCUT2D eigenvalue weighted by atomic mass is 19.4. The van der Waals surface area contributed by atoms with Gasteiger partial charge in [-0.3, -0.25) is 9.69 Å². The first-order valence-electron chi connectivity index (χ1n) is 11.2. The zero-order valence-corrected chi connectivity index (χ0v) is 19.1. The number of nitrogens with zero attached hydrogens (tertiary/aromatic N) is 4. The molecule has 0 saturated carbocycles. The van der Waals surface area contributed by atoms with Crippen LogP contribution >= 0.6 is 0 Å². The molecule has 0 aliphatic carbocycles. The number of hydrogen-bond acceptors (Lipinski definition) is 5. The summed E-state index contributed by atoms with van der Waals surface area (Å²) in [6, 6.07) is 6.35. The third-order valence-corrected chi connectivity index (χ3v) is 6.59. The highest BCUT2D eigenvalue weighted by molar-refractivity contribution is 5.96. The van der Waals surface area contributed by atoms with E-state index in [-0.39, 0.29) is 11.7 Å². The minimum absolute atomic E-state index is 0.0955. The number of likely N-dealkylation sites (tertiary alicyclic amines) is 1. The molecule has 1 unspecified atom stereocenters. The number of alkyl halides is 3. The van der Waals surface area contributed by atoms with Crippen molar-refractivity contribution in [3.05, 3.63) is 41.2 Å². The summed E-state index contributed by atoms with van der Waals surface area (Å²) in [7, 11) is 2.12. The van der Waals surface area contributed by atoms with Crippen molar-refractivity contribution in [1.29, 1.82) is 0 Å². The van der Waals surface area contributed by atoms with Crippen molar-refractivity contribution in [2.75, 3.05) is 33.4 Å². The van der Waals surface area contributed by atoms with Crippen molar-refractivity contribution in [2.24, 2.45) is 0 Å². The lowest BCUT2D eigenvalue weighted by molar-refractivity contribution is -0.274. The third kappa shape index (κ3) is 5.16. The van der Waals surface area contributed by atoms with Crippen molar-refractivity contribution in [3.63, 3.8) is 0 Å². The molecule has 180 valence electrons. The molecule has 4 rings (SSSR count). The molecule has 0 spiro atoms. The highest BCUT2D eigenvalue weighted by Crippen LogP contribution is 2.28. The Hall–Kier alpha value is -2.59. The van der Waals surface area contributed by atoms with E-state index in [1.165, 1.54) is 22.9 Å². The molecule has 0 radical (unpaired) electrons. The number of halogens is 3. The van der Waals surface area contributed by atoms with Crippen molar-refractivity contribution < 1.29 is 27.4 Å². The smallest absolute Gasteiger partial charge is 0.406 e. The van der Waals surface area contributed by atoms with E-state index in [2.05, 4.69) is 21.8 Å². The number of hydrogen-bond donors (Lipinski definition) is 0. The van der Waals surface area contributed by atoms with Gasteiger partial charge in [0, 0.05) is 44.5 Å². The second-order valence-corrected chi connectivity index (χ2v) is 8.71. The van der Waals surface area contributed by atoms with Crippen LogP contribution in [0.3, 0.4) is 0 Å². The van der Waals surface area contributed by atoms with Crippen molar-refractivity contribution >= 4 is 5.91 Å². The molecule has 2 aliphatic heterocycles. The van der Waals surface area contributed by atoms with Crippen LogP contribution in [0.15, 0.2) is 24.3 Å². The predicted molar refractivity (Wildman–Crippen MR) is 116 cm³/mol. The topological polar surface area (TPSA) is 59.8 Å². The van der Waals surface area contributed by atoms with Gasteiger partial charge in [-0.1, -0.05) is 6.07 Å². The van der Waals surface area contributed by atoms with Gasteiger partial charge in [0.15, 0.2) is 0 Å². The van der Waals surface area contributed by atoms with Crippen LogP contribution in [0.2, 0.25) is 0 Å². The van der Waals surface area contributed by atoms with Gasteiger partial charge in [-0.25, -0.2) is 4.68 Å². The van der Waals surface area contributed by atoms with Crippen LogP contribution in [0.4, 0.5) is 13.2 Å². The zero-order chi connectivity index (χ0) is 23.8. The number of carbonyl (C=O) groups is 1. The van der Waals surface area contributed by atoms with E-state index in [1.54, 1.807) is 19.9 Å². The second-order valence-electron chi connectivity index (χ2n) is 8.71. The molecule has 7 nitrogen and oxygen atoms in total. The first kappa shape index (κ1) is 23.6. The Kier molecular flexibility index (Phi) is 6.67. The summed E-state index contributed by atoms with van der Waals surface area (Å²) in [5.74, 6) is -0.430. The van der Waals surface area contributed by atoms with E-state index in [0.29, 0.717) is 47.8 Å². The molecule has 0 N–H and O–H groups in total. The Morgan fingerprint density at radius 3 is 2.61 bits per heavy atom. The van der Waals surface area contributed by atoms with Crippen LogP contribution < -0.4 is 4.74 Å². The fourth-order valence-corrected chi connectivity index (χ4v) is 4.82. The molecule has 3 heterocycles. The largest absolute Gasteiger partial charge is 0.573 e. The lowest BCUT2D eigenvalue weighted by Crippen LogP contribution is -2.44. The van der Waals surface area contributed by atoms with E-state index in [1.807, 2.05) is 4.90 Å². The van der Waals surface area contributed by atoms with Gasteiger partial charge >= 0.3 is 6.36 Å². The Balaban J connectivity index is 1.50. The zero-order valence-electron chi connectivity index (χ0n) is 19.1. The molecular weight excluding hydrogens is 437 g/mol. The minimum Gasteiger partial charge on any atom is -0.406 e. The fraction of sp³-hybridized carbons (Fsp3) is 0.565. The molecule has 1 aromatic carbocycles. The molecular formula is C23H29F3N4O3. The molecule has 10 heteroatoms. The normalized spacial score (nSPS) is 20.0. The summed E-state index contributed by atoms with van der Waals surface area (Å²) in [5, 5.41) is 4.45. The lowest BCUT2D eigenvalue weighted by atomic mass is 10.1. The Morgan fingerprint density at radius 2 is 1.91 bits per heavy atom. The van der Waals surface area contributed by atoms with Crippen LogP contribution in [-0.4, -0.2) is 77.3 Å². The van der Waals surface area contributed by atoms with Gasteiger partial charge in [0.1, 0.15) is 5.75 Å². The summed E-state index contributed by atoms with van der Waals surface area (Å²) in [4.78, 5) is 17.6. The Bertz CT molecular complexity index is 1000. The molecule has 1 atom stereocenters. The summed E-state index contributed by atoms with van der Waals surface area (Å²) in [6.07, 6.45) is -1.87. The molecule has 2 aliphatic rings. The van der Waals surface area contributed by atoms with Crippen LogP contribution in [0, 0.1) is 13.8 Å². The number of aryl methyl sites for hydroxylation is 1. The van der Waals surface area contributed by atoms with Crippen molar-refractivity contribution in [2.45, 2.75) is 51.6 Å². The van der Waals surface area contributed by atoms with Gasteiger partial charge in [-0.2, -0.15) is 5.10 Å². The summed E-state index contributed by atoms with van der Waals surface area (Å²) in [6.45, 7) is 6.36. The van der Waals surface area contributed by atoms with Crippen molar-refractivity contribution in [1.82, 2.24) is 19.6 Å². The van der Waals surface area contributed by atoms with E-state index in [4.69, 9.17) is 4.74 Å². The molecule has 1 aromatic heterocycles. The van der Waals surface area contributed by atoms with E-state index in [9.17, 15) is 18.0 Å². The van der Waals surface area contributed by atoms with E-state index < -0.39 is 6.36 Å². The second kappa shape index (κ2) is 9.34. The van der Waals surface area contributed by atoms with Gasteiger partial charge < -0.3 is 14.4 Å². The van der Waals surface area contributed by atoms with Gasteiger partial charge in [-0.15, -0.1) is 13.2 Å². The van der Waals surface area contributed by atoms with Crippen LogP contribution in [-0.2, 0) is 4.74 Å². The number of amides is 1. The summed E-state index contributed by atoms with van der Waals surface area (Å²) in [5.41, 5.74) is 2.02. The number of rotatable bonds is 5. The number of likely N-dealkylation sites (N-methyl/N-ethyl adjacent to an activating group) is 1. The maximum atomic E-state index is 13.4. The standard InChI is InChI=1S/C23H29F3N4O3/c1-15-21(16(2)30(27-15)18-5-4-6-20(13-18)33-23(24,25)26)22(31)29-10-7-19(14-29)28(3)17-8-11-32-12-9-17/h4-6,13,17,19H,7-12,14H2,1-3H3. The van der Waals surface area contributed by atoms with Crippen LogP contribution in [0.5, 0.6) is 5.75 Å². The van der Waals surface area contributed by atoms with Crippen LogP contribution in [0.25, 0.3) is 5.69 Å². The third-order valence-electron chi connectivity index (χ3n) is 6.59. The number of ether oxygens (including phenoxy) is 2. The molecule has 2 aromatic rings. The maximum absolute atomic E-state index is 13.4. The van der Waals surface area contributed by atoms with Gasteiger partial charge in [0.2, 0.25) is 0 Å². The molecule has 33 heavy (non-hydrogen) atoms. The average molecular weight is 467 g/mol. The first-order valence-corrected chi connectivity index (χ1v) is 11.2. The van der Waals surface area contributed by atoms with Gasteiger partial charge in [-0.05, 0) is 52.3 Å². The van der Waals surface area contributed by atoms with Gasteiger partial charge in [0.05, 0.1) is 22.6 Å². The number of carbonyl (C=O) groups excluding carboxylic acids is 1. The predicted octanol–water partition coefficient (Wildman–Crippen LogP) is 3.71. The highest BCUT2D eigenvalue weighted by Gasteiger charge is 2.35.